The SMILES string of the molecule is CC1(C)OC(CCl)CC(CC(=O)O)O1. The van der Waals surface area contributed by atoms with Crippen LogP contribution in [0.15, 0.2) is 0 Å². The number of hydrogen-bond acceptors (Lipinski definition) is 3. The standard InChI is InChI=1S/C9H15ClO4/c1-9(2)13-6(4-8(11)12)3-7(5-10)14-9/h6-7H,3-5H2,1-2H3,(H,11,12). The van der Waals surface area contributed by atoms with Gasteiger partial charge in [0, 0.05) is 12.3 Å². The minimum absolute atomic E-state index is 0.000177. The smallest absolute Gasteiger partial charge is 0.305 e. The molecule has 4 nitrogen and oxygen atoms in total. The Morgan fingerprint density at radius 1 is 1.50 bits per heavy atom. The van der Waals surface area contributed by atoms with Crippen molar-refractivity contribution < 1.29 is 19.4 Å². The molecule has 1 fully saturated rings. The number of carboxylic acids is 1. The zero-order valence-electron chi connectivity index (χ0n) is 8.33. The normalized spacial score (nSPS) is 31.4. The van der Waals surface area contributed by atoms with Crippen LogP contribution in [-0.4, -0.2) is 35.0 Å². The summed E-state index contributed by atoms with van der Waals surface area (Å²) in [6.45, 7) is 3.53. The van der Waals surface area contributed by atoms with Crippen LogP contribution < -0.4 is 0 Å². The maximum atomic E-state index is 10.5. The van der Waals surface area contributed by atoms with Crippen LogP contribution >= 0.6 is 11.6 Å². The molecule has 2 atom stereocenters. The molecule has 1 heterocycles. The minimum atomic E-state index is -0.860. The van der Waals surface area contributed by atoms with Crippen LogP contribution in [0.4, 0.5) is 0 Å². The van der Waals surface area contributed by atoms with Gasteiger partial charge in [0.2, 0.25) is 0 Å². The van der Waals surface area contributed by atoms with E-state index in [0.717, 1.165) is 0 Å². The van der Waals surface area contributed by atoms with Gasteiger partial charge in [0.05, 0.1) is 18.6 Å². The molecule has 0 aromatic carbocycles. The molecule has 0 amide bonds. The Morgan fingerprint density at radius 2 is 2.07 bits per heavy atom. The molecule has 0 aromatic rings. The van der Waals surface area contributed by atoms with Gasteiger partial charge in [0.25, 0.3) is 0 Å². The third kappa shape index (κ3) is 3.44. The summed E-state index contributed by atoms with van der Waals surface area (Å²) >= 11 is 5.68. The summed E-state index contributed by atoms with van der Waals surface area (Å²) in [5.74, 6) is -1.23. The van der Waals surface area contributed by atoms with Gasteiger partial charge in [-0.3, -0.25) is 4.79 Å². The number of aliphatic carboxylic acids is 1. The topological polar surface area (TPSA) is 55.8 Å². The van der Waals surface area contributed by atoms with E-state index in [9.17, 15) is 4.79 Å². The second-order valence-corrected chi connectivity index (χ2v) is 4.18. The van der Waals surface area contributed by atoms with E-state index in [1.165, 1.54) is 0 Å². The summed E-state index contributed by atoms with van der Waals surface area (Å²) in [6, 6.07) is 0. The Hall–Kier alpha value is -0.320. The molecule has 1 rings (SSSR count). The van der Waals surface area contributed by atoms with Gasteiger partial charge in [-0.2, -0.15) is 0 Å². The first-order valence-corrected chi connectivity index (χ1v) is 5.10. The molecule has 1 saturated heterocycles. The minimum Gasteiger partial charge on any atom is -0.481 e. The maximum absolute atomic E-state index is 10.5. The predicted molar refractivity (Wildman–Crippen MR) is 51.4 cm³/mol. The van der Waals surface area contributed by atoms with Crippen molar-refractivity contribution in [2.24, 2.45) is 0 Å². The van der Waals surface area contributed by atoms with Gasteiger partial charge in [-0.1, -0.05) is 0 Å². The highest BCUT2D eigenvalue weighted by Crippen LogP contribution is 2.28. The van der Waals surface area contributed by atoms with Crippen molar-refractivity contribution in [2.75, 3.05) is 5.88 Å². The third-order valence-electron chi connectivity index (χ3n) is 2.00. The molecule has 0 saturated carbocycles. The van der Waals surface area contributed by atoms with E-state index in [1.807, 2.05) is 0 Å². The van der Waals surface area contributed by atoms with Crippen molar-refractivity contribution in [3.05, 3.63) is 0 Å². The first kappa shape index (κ1) is 11.8. The highest BCUT2D eigenvalue weighted by molar-refractivity contribution is 6.18. The van der Waals surface area contributed by atoms with E-state index in [1.54, 1.807) is 13.8 Å². The zero-order valence-corrected chi connectivity index (χ0v) is 9.08. The quantitative estimate of drug-likeness (QED) is 0.738. The molecule has 82 valence electrons. The van der Waals surface area contributed by atoms with Crippen molar-refractivity contribution >= 4 is 17.6 Å². The van der Waals surface area contributed by atoms with Crippen LogP contribution in [0.25, 0.3) is 0 Å². The van der Waals surface area contributed by atoms with Gasteiger partial charge in [-0.15, -0.1) is 11.6 Å². The molecule has 2 unspecified atom stereocenters. The van der Waals surface area contributed by atoms with E-state index in [4.69, 9.17) is 26.2 Å². The summed E-state index contributed by atoms with van der Waals surface area (Å²) < 4.78 is 10.9. The van der Waals surface area contributed by atoms with Crippen LogP contribution in [0.3, 0.4) is 0 Å². The lowest BCUT2D eigenvalue weighted by atomic mass is 10.1. The number of carboxylic acid groups (broad SMARTS) is 1. The summed E-state index contributed by atoms with van der Waals surface area (Å²) in [5, 5.41) is 8.64. The molecule has 14 heavy (non-hydrogen) atoms. The Bertz CT molecular complexity index is 217. The third-order valence-corrected chi connectivity index (χ3v) is 2.35. The molecule has 1 N–H and O–H groups in total. The van der Waals surface area contributed by atoms with Gasteiger partial charge < -0.3 is 14.6 Å². The first-order valence-electron chi connectivity index (χ1n) is 4.56. The monoisotopic (exact) mass is 222 g/mol. The van der Waals surface area contributed by atoms with Crippen LogP contribution in [0.5, 0.6) is 0 Å². The summed E-state index contributed by atoms with van der Waals surface area (Å²) in [7, 11) is 0. The molecule has 0 radical (unpaired) electrons. The number of carbonyl (C=O) groups is 1. The van der Waals surface area contributed by atoms with E-state index >= 15 is 0 Å². The van der Waals surface area contributed by atoms with Crippen LogP contribution in [-0.2, 0) is 14.3 Å². The number of halogens is 1. The summed E-state index contributed by atoms with van der Waals surface area (Å²) in [5.41, 5.74) is 0. The molecule has 0 spiro atoms. The molecule has 1 aliphatic heterocycles. The molecule has 1 aliphatic rings. The fourth-order valence-corrected chi connectivity index (χ4v) is 1.82. The van der Waals surface area contributed by atoms with Crippen molar-refractivity contribution in [2.45, 2.75) is 44.7 Å². The lowest BCUT2D eigenvalue weighted by molar-refractivity contribution is -0.295. The number of hydrogen-bond donors (Lipinski definition) is 1. The Kier molecular flexibility index (Phi) is 3.75. The summed E-state index contributed by atoms with van der Waals surface area (Å²) in [6.07, 6.45) is 0.115. The number of alkyl halides is 1. The zero-order chi connectivity index (χ0) is 10.8. The molecular formula is C9H15ClO4. The average molecular weight is 223 g/mol. The molecule has 0 bridgehead atoms. The van der Waals surface area contributed by atoms with Gasteiger partial charge in [0.15, 0.2) is 5.79 Å². The van der Waals surface area contributed by atoms with Crippen molar-refractivity contribution in [1.82, 2.24) is 0 Å². The van der Waals surface area contributed by atoms with Gasteiger partial charge in [0.1, 0.15) is 0 Å². The van der Waals surface area contributed by atoms with Gasteiger partial charge in [-0.05, 0) is 13.8 Å². The molecule has 0 aromatic heterocycles. The lowest BCUT2D eigenvalue weighted by Crippen LogP contribution is -2.45. The largest absolute Gasteiger partial charge is 0.481 e. The van der Waals surface area contributed by atoms with E-state index in [0.29, 0.717) is 12.3 Å². The Balaban J connectivity index is 2.56. The molecular weight excluding hydrogens is 208 g/mol. The Labute approximate surface area is 88.1 Å². The second kappa shape index (κ2) is 4.47. The van der Waals surface area contributed by atoms with Crippen molar-refractivity contribution in [3.63, 3.8) is 0 Å². The second-order valence-electron chi connectivity index (χ2n) is 3.87. The van der Waals surface area contributed by atoms with Crippen LogP contribution in [0, 0.1) is 0 Å². The number of ether oxygens (including phenoxy) is 2. The fourth-order valence-electron chi connectivity index (χ4n) is 1.63. The van der Waals surface area contributed by atoms with Gasteiger partial charge >= 0.3 is 5.97 Å². The highest BCUT2D eigenvalue weighted by Gasteiger charge is 2.35. The number of rotatable bonds is 3. The molecule has 5 heteroatoms. The van der Waals surface area contributed by atoms with Gasteiger partial charge in [-0.25, -0.2) is 0 Å². The van der Waals surface area contributed by atoms with Crippen molar-refractivity contribution in [1.29, 1.82) is 0 Å². The Morgan fingerprint density at radius 3 is 2.57 bits per heavy atom. The first-order chi connectivity index (χ1) is 6.43. The molecule has 0 aliphatic carbocycles. The lowest BCUT2D eigenvalue weighted by Gasteiger charge is -2.39. The van der Waals surface area contributed by atoms with E-state index < -0.39 is 11.8 Å². The van der Waals surface area contributed by atoms with E-state index in [2.05, 4.69) is 0 Å². The van der Waals surface area contributed by atoms with E-state index in [-0.39, 0.29) is 18.6 Å². The fraction of sp³-hybridized carbons (Fsp3) is 0.889. The van der Waals surface area contributed by atoms with Crippen molar-refractivity contribution in [3.8, 4) is 0 Å². The highest BCUT2D eigenvalue weighted by atomic mass is 35.5. The van der Waals surface area contributed by atoms with Crippen LogP contribution in [0.1, 0.15) is 26.7 Å². The summed E-state index contributed by atoms with van der Waals surface area (Å²) in [4.78, 5) is 10.5. The van der Waals surface area contributed by atoms with Crippen LogP contribution in [0.2, 0.25) is 0 Å². The predicted octanol–water partition coefficient (Wildman–Crippen LogP) is 1.61. The maximum Gasteiger partial charge on any atom is 0.305 e. The average Bonchev–Trinajstić information content (AvgIpc) is 1.99.